The van der Waals surface area contributed by atoms with Crippen molar-refractivity contribution in [1.29, 1.82) is 0 Å². The molecule has 1 aliphatic rings. The number of hydrogen-bond acceptors (Lipinski definition) is 6. The summed E-state index contributed by atoms with van der Waals surface area (Å²) in [4.78, 5) is 39.8. The fourth-order valence-corrected chi connectivity index (χ4v) is 5.25. The number of carbonyl (C=O) groups excluding carboxylic acids is 3. The summed E-state index contributed by atoms with van der Waals surface area (Å²) in [6, 6.07) is 17.5. The Morgan fingerprint density at radius 3 is 2.61 bits per heavy atom. The predicted molar refractivity (Wildman–Crippen MR) is 154 cm³/mol. The molecular weight excluding hydrogens is 590 g/mol. The van der Waals surface area contributed by atoms with Crippen molar-refractivity contribution in [1.82, 2.24) is 4.90 Å². The van der Waals surface area contributed by atoms with Crippen LogP contribution in [0.1, 0.15) is 46.8 Å². The highest BCUT2D eigenvalue weighted by molar-refractivity contribution is 9.10. The lowest BCUT2D eigenvalue weighted by Crippen LogP contribution is -2.32. The van der Waals surface area contributed by atoms with Crippen molar-refractivity contribution < 1.29 is 23.9 Å². The maximum atomic E-state index is 13.1. The molecule has 3 aromatic rings. The molecule has 0 aliphatic carbocycles. The molecule has 0 unspecified atom stereocenters. The molecule has 0 aromatic heterocycles. The zero-order chi connectivity index (χ0) is 27.4. The summed E-state index contributed by atoms with van der Waals surface area (Å²) in [5, 5.41) is 0.0293. The number of rotatable bonds is 8. The number of amides is 2. The van der Waals surface area contributed by atoms with Gasteiger partial charge in [0.1, 0.15) is 18.1 Å². The van der Waals surface area contributed by atoms with Gasteiger partial charge in [0, 0.05) is 15.1 Å². The normalized spacial score (nSPS) is 14.5. The minimum Gasteiger partial charge on any atom is -0.491 e. The first-order valence-electron chi connectivity index (χ1n) is 11.9. The SMILES string of the molecule is Cc1ccc(C(C)C)c(OCCN2C(=O)S/C(=C\c3cc(Br)ccc3OC(=O)c3cccc(Cl)c3)C2=O)c1. The van der Waals surface area contributed by atoms with Crippen LogP contribution in [0, 0.1) is 6.92 Å². The molecule has 0 atom stereocenters. The number of ether oxygens (including phenoxy) is 2. The van der Waals surface area contributed by atoms with E-state index in [1.165, 1.54) is 6.07 Å². The first-order valence-corrected chi connectivity index (χ1v) is 13.9. The summed E-state index contributed by atoms with van der Waals surface area (Å²) < 4.78 is 12.3. The molecule has 1 fully saturated rings. The van der Waals surface area contributed by atoms with Crippen LogP contribution in [0.3, 0.4) is 0 Å². The van der Waals surface area contributed by atoms with E-state index in [1.807, 2.05) is 25.1 Å². The van der Waals surface area contributed by atoms with Crippen molar-refractivity contribution in [2.45, 2.75) is 26.7 Å². The second kappa shape index (κ2) is 12.2. The predicted octanol–water partition coefficient (Wildman–Crippen LogP) is 7.87. The molecule has 9 heteroatoms. The third-order valence-corrected chi connectivity index (χ3v) is 7.39. The average molecular weight is 615 g/mol. The van der Waals surface area contributed by atoms with Crippen LogP contribution in [-0.4, -0.2) is 35.2 Å². The second-order valence-electron chi connectivity index (χ2n) is 8.96. The molecule has 4 rings (SSSR count). The summed E-state index contributed by atoms with van der Waals surface area (Å²) in [7, 11) is 0. The third kappa shape index (κ3) is 6.67. The highest BCUT2D eigenvalue weighted by Gasteiger charge is 2.35. The molecule has 1 aliphatic heterocycles. The lowest BCUT2D eigenvalue weighted by molar-refractivity contribution is -0.123. The van der Waals surface area contributed by atoms with E-state index in [0.717, 1.165) is 38.0 Å². The van der Waals surface area contributed by atoms with E-state index in [4.69, 9.17) is 21.1 Å². The van der Waals surface area contributed by atoms with E-state index < -0.39 is 11.9 Å². The van der Waals surface area contributed by atoms with Crippen LogP contribution in [-0.2, 0) is 4.79 Å². The van der Waals surface area contributed by atoms with Gasteiger partial charge in [0.05, 0.1) is 17.0 Å². The van der Waals surface area contributed by atoms with Gasteiger partial charge in [0.25, 0.3) is 11.1 Å². The highest BCUT2D eigenvalue weighted by atomic mass is 79.9. The Kier molecular flexibility index (Phi) is 8.97. The molecule has 0 saturated carbocycles. The number of thioether (sulfide) groups is 1. The summed E-state index contributed by atoms with van der Waals surface area (Å²) in [6.45, 7) is 6.44. The van der Waals surface area contributed by atoms with E-state index >= 15 is 0 Å². The standard InChI is InChI=1S/C29H25BrClNO5S/c1-17(2)23-9-7-18(3)13-25(23)36-12-11-32-27(33)26(38-29(32)35)16-20-14-21(30)8-10-24(20)37-28(34)19-5-4-6-22(31)15-19/h4-10,13-17H,11-12H2,1-3H3/b26-16-. The average Bonchev–Trinajstić information content (AvgIpc) is 3.12. The topological polar surface area (TPSA) is 72.9 Å². The minimum absolute atomic E-state index is 0.114. The van der Waals surface area contributed by atoms with Gasteiger partial charge in [0.2, 0.25) is 0 Å². The van der Waals surface area contributed by atoms with Gasteiger partial charge in [-0.1, -0.05) is 59.6 Å². The second-order valence-corrected chi connectivity index (χ2v) is 11.3. The molecule has 0 radical (unpaired) electrons. The van der Waals surface area contributed by atoms with Crippen molar-refractivity contribution in [2.75, 3.05) is 13.2 Å². The molecule has 0 N–H and O–H groups in total. The monoisotopic (exact) mass is 613 g/mol. The van der Waals surface area contributed by atoms with E-state index in [0.29, 0.717) is 16.1 Å². The summed E-state index contributed by atoms with van der Waals surface area (Å²) in [5.74, 6) is 0.255. The lowest BCUT2D eigenvalue weighted by Gasteiger charge is -2.17. The smallest absolute Gasteiger partial charge is 0.343 e. The number of imide groups is 1. The number of aryl methyl sites for hydroxylation is 1. The van der Waals surface area contributed by atoms with Crippen LogP contribution >= 0.6 is 39.3 Å². The van der Waals surface area contributed by atoms with Gasteiger partial charge in [-0.2, -0.15) is 0 Å². The van der Waals surface area contributed by atoms with E-state index in [9.17, 15) is 14.4 Å². The lowest BCUT2D eigenvalue weighted by atomic mass is 10.0. The molecule has 1 saturated heterocycles. The Morgan fingerprint density at radius 1 is 1.08 bits per heavy atom. The van der Waals surface area contributed by atoms with Crippen molar-refractivity contribution in [2.24, 2.45) is 0 Å². The number of nitrogens with zero attached hydrogens (tertiary/aromatic N) is 1. The zero-order valence-corrected chi connectivity index (χ0v) is 24.2. The summed E-state index contributed by atoms with van der Waals surface area (Å²) in [5.41, 5.74) is 2.90. The van der Waals surface area contributed by atoms with Gasteiger partial charge < -0.3 is 9.47 Å². The summed E-state index contributed by atoms with van der Waals surface area (Å²) in [6.07, 6.45) is 1.55. The molecule has 6 nitrogen and oxygen atoms in total. The Morgan fingerprint density at radius 2 is 1.87 bits per heavy atom. The van der Waals surface area contributed by atoms with Crippen molar-refractivity contribution in [3.63, 3.8) is 0 Å². The first-order chi connectivity index (χ1) is 18.1. The number of carbonyl (C=O) groups is 3. The minimum atomic E-state index is -0.591. The number of hydrogen-bond donors (Lipinski definition) is 0. The molecule has 0 spiro atoms. The Hall–Kier alpha value is -3.07. The van der Waals surface area contributed by atoms with Crippen LogP contribution in [0.25, 0.3) is 6.08 Å². The molecule has 0 bridgehead atoms. The molecule has 3 aromatic carbocycles. The quantitative estimate of drug-likeness (QED) is 0.146. The van der Waals surface area contributed by atoms with Gasteiger partial charge in [-0.05, 0) is 84.3 Å². The van der Waals surface area contributed by atoms with E-state index in [2.05, 4.69) is 29.8 Å². The zero-order valence-electron chi connectivity index (χ0n) is 21.0. The van der Waals surface area contributed by atoms with Crippen LogP contribution in [0.4, 0.5) is 4.79 Å². The van der Waals surface area contributed by atoms with Crippen molar-refractivity contribution >= 4 is 62.5 Å². The van der Waals surface area contributed by atoms with Crippen molar-refractivity contribution in [3.8, 4) is 11.5 Å². The van der Waals surface area contributed by atoms with Gasteiger partial charge in [-0.3, -0.25) is 14.5 Å². The summed E-state index contributed by atoms with van der Waals surface area (Å²) >= 11 is 10.2. The van der Waals surface area contributed by atoms with Gasteiger partial charge in [0.15, 0.2) is 0 Å². The fourth-order valence-electron chi connectivity index (χ4n) is 3.82. The van der Waals surface area contributed by atoms with E-state index in [1.54, 1.807) is 42.5 Å². The molecule has 38 heavy (non-hydrogen) atoms. The Labute approximate surface area is 239 Å². The van der Waals surface area contributed by atoms with Crippen LogP contribution in [0.15, 0.2) is 70.0 Å². The largest absolute Gasteiger partial charge is 0.491 e. The third-order valence-electron chi connectivity index (χ3n) is 5.76. The fraction of sp³-hybridized carbons (Fsp3) is 0.207. The molecular formula is C29H25BrClNO5S. The van der Waals surface area contributed by atoms with Crippen LogP contribution in [0.2, 0.25) is 5.02 Å². The van der Waals surface area contributed by atoms with Crippen LogP contribution in [0.5, 0.6) is 11.5 Å². The van der Waals surface area contributed by atoms with Gasteiger partial charge in [-0.25, -0.2) is 4.79 Å². The number of benzene rings is 3. The molecule has 1 heterocycles. The van der Waals surface area contributed by atoms with E-state index in [-0.39, 0.29) is 35.0 Å². The van der Waals surface area contributed by atoms with Gasteiger partial charge >= 0.3 is 5.97 Å². The maximum absolute atomic E-state index is 13.1. The Bertz CT molecular complexity index is 1440. The number of halogens is 2. The molecule has 2 amide bonds. The maximum Gasteiger partial charge on any atom is 0.343 e. The van der Waals surface area contributed by atoms with Crippen molar-refractivity contribution in [3.05, 3.63) is 97.3 Å². The Balaban J connectivity index is 1.49. The first kappa shape index (κ1) is 28.0. The number of esters is 1. The highest BCUT2D eigenvalue weighted by Crippen LogP contribution is 2.35. The molecule has 196 valence electrons. The van der Waals surface area contributed by atoms with Gasteiger partial charge in [-0.15, -0.1) is 0 Å². The van der Waals surface area contributed by atoms with Crippen LogP contribution < -0.4 is 9.47 Å².